The van der Waals surface area contributed by atoms with Crippen molar-refractivity contribution in [2.45, 2.75) is 33.3 Å². The zero-order chi connectivity index (χ0) is 23.3. The summed E-state index contributed by atoms with van der Waals surface area (Å²) in [5.74, 6) is 0.0747. The Kier molecular flexibility index (Phi) is 7.14. The van der Waals surface area contributed by atoms with Crippen molar-refractivity contribution in [2.24, 2.45) is 0 Å². The lowest BCUT2D eigenvalue weighted by atomic mass is 10.1. The molecule has 2 aromatic rings. The lowest BCUT2D eigenvalue weighted by Crippen LogP contribution is -2.38. The number of ether oxygens (including phenoxy) is 2. The van der Waals surface area contributed by atoms with Crippen LogP contribution in [0.25, 0.3) is 6.08 Å². The summed E-state index contributed by atoms with van der Waals surface area (Å²) in [6.45, 7) is 5.54. The van der Waals surface area contributed by atoms with E-state index in [4.69, 9.17) is 9.47 Å². The van der Waals surface area contributed by atoms with Gasteiger partial charge in [0.25, 0.3) is 5.91 Å². The number of hydrogen-bond donors (Lipinski definition) is 2. The number of carbonyl (C=O) groups excluding carboxylic acids is 3. The van der Waals surface area contributed by atoms with Gasteiger partial charge in [0.1, 0.15) is 12.2 Å². The summed E-state index contributed by atoms with van der Waals surface area (Å²) in [4.78, 5) is 38.2. The summed E-state index contributed by atoms with van der Waals surface area (Å²) in [7, 11) is 1.53. The molecule has 1 heterocycles. The van der Waals surface area contributed by atoms with E-state index in [2.05, 4.69) is 10.6 Å². The zero-order valence-electron chi connectivity index (χ0n) is 18.6. The second-order valence-electron chi connectivity index (χ2n) is 7.54. The van der Waals surface area contributed by atoms with E-state index in [1.165, 1.54) is 13.2 Å². The van der Waals surface area contributed by atoms with Gasteiger partial charge in [0.05, 0.1) is 13.2 Å². The van der Waals surface area contributed by atoms with E-state index in [0.717, 1.165) is 16.9 Å². The van der Waals surface area contributed by atoms with Crippen LogP contribution in [0.2, 0.25) is 0 Å². The van der Waals surface area contributed by atoms with Crippen LogP contribution in [0.1, 0.15) is 31.4 Å². The molecule has 32 heavy (non-hydrogen) atoms. The quantitative estimate of drug-likeness (QED) is 0.485. The molecule has 0 spiro atoms. The Morgan fingerprint density at radius 2 is 1.88 bits per heavy atom. The Balaban J connectivity index is 1.70. The number of amides is 4. The molecule has 8 nitrogen and oxygen atoms in total. The van der Waals surface area contributed by atoms with Crippen molar-refractivity contribution in [1.82, 2.24) is 10.2 Å². The first-order chi connectivity index (χ1) is 15.3. The van der Waals surface area contributed by atoms with Gasteiger partial charge in [-0.3, -0.25) is 9.59 Å². The van der Waals surface area contributed by atoms with Gasteiger partial charge in [-0.15, -0.1) is 0 Å². The Bertz CT molecular complexity index is 1050. The number of carbonyl (C=O) groups is 3. The SMILES string of the molecule is CC[C@H](C)Oc1ccc(/C=C2/NC(=O)N(CC(=O)Nc3ccc(C)cc3)C2=O)cc1OC. The highest BCUT2D eigenvalue weighted by Crippen LogP contribution is 2.30. The normalized spacial score (nSPS) is 15.5. The maximum atomic E-state index is 12.7. The molecule has 4 amide bonds. The van der Waals surface area contributed by atoms with Gasteiger partial charge >= 0.3 is 6.03 Å². The third-order valence-corrected chi connectivity index (χ3v) is 5.00. The molecule has 0 unspecified atom stereocenters. The smallest absolute Gasteiger partial charge is 0.329 e. The number of urea groups is 1. The van der Waals surface area contributed by atoms with Crippen molar-refractivity contribution < 1.29 is 23.9 Å². The molecule has 8 heteroatoms. The predicted octanol–water partition coefficient (Wildman–Crippen LogP) is 3.71. The number of nitrogens with zero attached hydrogens (tertiary/aromatic N) is 1. The number of benzene rings is 2. The average molecular weight is 437 g/mol. The van der Waals surface area contributed by atoms with Crippen LogP contribution >= 0.6 is 0 Å². The third kappa shape index (κ3) is 5.46. The average Bonchev–Trinajstić information content (AvgIpc) is 3.03. The minimum Gasteiger partial charge on any atom is -0.493 e. The minimum absolute atomic E-state index is 0.0309. The fourth-order valence-electron chi connectivity index (χ4n) is 3.03. The van der Waals surface area contributed by atoms with Crippen LogP contribution in [-0.2, 0) is 9.59 Å². The van der Waals surface area contributed by atoms with E-state index in [1.54, 1.807) is 30.3 Å². The molecule has 1 saturated heterocycles. The molecule has 1 aliphatic heterocycles. The molecule has 2 N–H and O–H groups in total. The number of methoxy groups -OCH3 is 1. The number of aryl methyl sites for hydroxylation is 1. The Morgan fingerprint density at radius 1 is 1.16 bits per heavy atom. The summed E-state index contributed by atoms with van der Waals surface area (Å²) < 4.78 is 11.2. The van der Waals surface area contributed by atoms with Crippen LogP contribution in [-0.4, -0.2) is 42.5 Å². The molecule has 1 aliphatic rings. The maximum absolute atomic E-state index is 12.7. The van der Waals surface area contributed by atoms with E-state index in [9.17, 15) is 14.4 Å². The monoisotopic (exact) mass is 437 g/mol. The van der Waals surface area contributed by atoms with Gasteiger partial charge in [0.15, 0.2) is 11.5 Å². The van der Waals surface area contributed by atoms with Crippen molar-refractivity contribution >= 4 is 29.6 Å². The van der Waals surface area contributed by atoms with E-state index in [1.807, 2.05) is 32.9 Å². The first-order valence-corrected chi connectivity index (χ1v) is 10.4. The second kappa shape index (κ2) is 10.00. The van der Waals surface area contributed by atoms with Crippen LogP contribution in [0.15, 0.2) is 48.2 Å². The highest BCUT2D eigenvalue weighted by atomic mass is 16.5. The van der Waals surface area contributed by atoms with Crippen molar-refractivity contribution in [2.75, 3.05) is 19.0 Å². The highest BCUT2D eigenvalue weighted by molar-refractivity contribution is 6.15. The summed E-state index contributed by atoms with van der Waals surface area (Å²) in [5, 5.41) is 5.20. The molecule has 0 radical (unpaired) electrons. The highest BCUT2D eigenvalue weighted by Gasteiger charge is 2.35. The summed E-state index contributed by atoms with van der Waals surface area (Å²) >= 11 is 0. The van der Waals surface area contributed by atoms with Gasteiger partial charge in [-0.25, -0.2) is 9.69 Å². The van der Waals surface area contributed by atoms with E-state index >= 15 is 0 Å². The van der Waals surface area contributed by atoms with Crippen LogP contribution in [0.5, 0.6) is 11.5 Å². The molecule has 1 fully saturated rings. The van der Waals surface area contributed by atoms with E-state index in [-0.39, 0.29) is 18.3 Å². The van der Waals surface area contributed by atoms with E-state index < -0.39 is 17.8 Å². The number of nitrogens with one attached hydrogen (secondary N) is 2. The summed E-state index contributed by atoms with van der Waals surface area (Å²) in [6, 6.07) is 11.8. The third-order valence-electron chi connectivity index (χ3n) is 5.00. The first-order valence-electron chi connectivity index (χ1n) is 10.4. The molecule has 2 aromatic carbocycles. The van der Waals surface area contributed by atoms with Crippen LogP contribution in [0.4, 0.5) is 10.5 Å². The summed E-state index contributed by atoms with van der Waals surface area (Å²) in [5.41, 5.74) is 2.38. The topological polar surface area (TPSA) is 97.0 Å². The molecule has 0 bridgehead atoms. The van der Waals surface area contributed by atoms with Crippen molar-refractivity contribution in [1.29, 1.82) is 0 Å². The number of rotatable bonds is 8. The second-order valence-corrected chi connectivity index (χ2v) is 7.54. The Morgan fingerprint density at radius 3 is 2.53 bits per heavy atom. The number of hydrogen-bond acceptors (Lipinski definition) is 5. The minimum atomic E-state index is -0.649. The molecule has 1 atom stereocenters. The van der Waals surface area contributed by atoms with Crippen LogP contribution in [0, 0.1) is 6.92 Å². The fraction of sp³-hybridized carbons (Fsp3) is 0.292. The van der Waals surface area contributed by atoms with Gasteiger partial charge in [0.2, 0.25) is 5.91 Å². The van der Waals surface area contributed by atoms with Crippen LogP contribution in [0.3, 0.4) is 0 Å². The van der Waals surface area contributed by atoms with Gasteiger partial charge < -0.3 is 20.1 Å². The van der Waals surface area contributed by atoms with Gasteiger partial charge in [0, 0.05) is 5.69 Å². The largest absolute Gasteiger partial charge is 0.493 e. The van der Waals surface area contributed by atoms with Gasteiger partial charge in [-0.2, -0.15) is 0 Å². The molecule has 3 rings (SSSR count). The Hall–Kier alpha value is -3.81. The van der Waals surface area contributed by atoms with Gasteiger partial charge in [-0.1, -0.05) is 30.7 Å². The van der Waals surface area contributed by atoms with E-state index in [0.29, 0.717) is 22.7 Å². The first kappa shape index (κ1) is 22.9. The Labute approximate surface area is 187 Å². The standard InChI is InChI=1S/C24H27N3O5/c1-5-16(3)32-20-11-8-17(13-21(20)31-4)12-19-23(29)27(24(30)26-19)14-22(28)25-18-9-6-15(2)7-10-18/h6-13,16H,5,14H2,1-4H3,(H,25,28)(H,26,30)/b19-12+/t16-/m0/s1. The lowest BCUT2D eigenvalue weighted by molar-refractivity contribution is -0.127. The van der Waals surface area contributed by atoms with Crippen molar-refractivity contribution in [3.63, 3.8) is 0 Å². The fourth-order valence-corrected chi connectivity index (χ4v) is 3.03. The molecule has 0 aliphatic carbocycles. The van der Waals surface area contributed by atoms with Crippen molar-refractivity contribution in [3.05, 3.63) is 59.3 Å². The lowest BCUT2D eigenvalue weighted by Gasteiger charge is -2.15. The molecular formula is C24H27N3O5. The van der Waals surface area contributed by atoms with Crippen molar-refractivity contribution in [3.8, 4) is 11.5 Å². The molecular weight excluding hydrogens is 410 g/mol. The predicted molar refractivity (Wildman–Crippen MR) is 121 cm³/mol. The molecule has 0 saturated carbocycles. The zero-order valence-corrected chi connectivity index (χ0v) is 18.6. The number of imide groups is 1. The molecule has 0 aromatic heterocycles. The summed E-state index contributed by atoms with van der Waals surface area (Å²) in [6.07, 6.45) is 2.42. The molecule has 168 valence electrons. The maximum Gasteiger partial charge on any atom is 0.329 e. The number of anilines is 1. The van der Waals surface area contributed by atoms with Gasteiger partial charge in [-0.05, 0) is 56.2 Å². The van der Waals surface area contributed by atoms with Crippen LogP contribution < -0.4 is 20.1 Å².